The lowest BCUT2D eigenvalue weighted by atomic mass is 9.99. The van der Waals surface area contributed by atoms with Gasteiger partial charge in [-0.1, -0.05) is 25.6 Å². The molecule has 0 saturated heterocycles. The highest BCUT2D eigenvalue weighted by Gasteiger charge is 2.38. The summed E-state index contributed by atoms with van der Waals surface area (Å²) in [5.41, 5.74) is -2.03. The third kappa shape index (κ3) is 7.44. The summed E-state index contributed by atoms with van der Waals surface area (Å²) >= 11 is 0. The van der Waals surface area contributed by atoms with Crippen molar-refractivity contribution < 1.29 is 35.8 Å². The largest absolute Gasteiger partial charge is 0.418 e. The predicted octanol–water partition coefficient (Wildman–Crippen LogP) is 7.81. The molecule has 0 amide bonds. The SMILES string of the molecule is C[C@H](n1ccc2c(C(F)(F)F)c(C#N)ccc21)C(C)(C)O.C[Si](C)(C)C#Cc1c(F)ccc(C#N)c1C(F)(F)F. The van der Waals surface area contributed by atoms with Gasteiger partial charge in [-0.3, -0.25) is 0 Å². The van der Waals surface area contributed by atoms with Gasteiger partial charge in [0.2, 0.25) is 0 Å². The van der Waals surface area contributed by atoms with E-state index in [1.54, 1.807) is 31.4 Å². The van der Waals surface area contributed by atoms with Crippen LogP contribution in [0.3, 0.4) is 0 Å². The van der Waals surface area contributed by atoms with E-state index in [4.69, 9.17) is 10.5 Å². The molecule has 0 fully saturated rings. The molecule has 12 heteroatoms. The summed E-state index contributed by atoms with van der Waals surface area (Å²) in [5, 5.41) is 27.6. The van der Waals surface area contributed by atoms with Gasteiger partial charge in [-0.25, -0.2) is 4.39 Å². The van der Waals surface area contributed by atoms with Gasteiger partial charge in [0, 0.05) is 17.1 Å². The first kappa shape index (κ1) is 32.4. The van der Waals surface area contributed by atoms with Gasteiger partial charge in [0.15, 0.2) is 0 Å². The van der Waals surface area contributed by atoms with E-state index >= 15 is 0 Å². The molecule has 4 nitrogen and oxygen atoms in total. The standard InChI is InChI=1S/C15H15F3N2O.C13H11F4NSi/c1-9(14(2,3)21)20-7-6-11-12(20)5-4-10(8-19)13(11)15(16,17)18;1-19(2,3)7-6-10-11(14)5-4-9(8-18)12(10)13(15,16)17/h4-7,9,21H,1-3H3;4-5H,1-3H3/t9-;/m0./s1. The fraction of sp³-hybridized carbons (Fsp3) is 0.357. The van der Waals surface area contributed by atoms with Gasteiger partial charge in [0.25, 0.3) is 0 Å². The Morgan fingerprint density at radius 2 is 1.35 bits per heavy atom. The van der Waals surface area contributed by atoms with Gasteiger partial charge in [-0.2, -0.15) is 36.9 Å². The third-order valence-electron chi connectivity index (χ3n) is 5.87. The molecule has 3 aromatic rings. The van der Waals surface area contributed by atoms with Crippen LogP contribution in [0.15, 0.2) is 36.5 Å². The normalized spacial score (nSPS) is 12.9. The number of aliphatic hydroxyl groups is 1. The molecule has 0 radical (unpaired) electrons. The molecule has 0 spiro atoms. The number of aromatic nitrogens is 1. The van der Waals surface area contributed by atoms with Crippen molar-refractivity contribution >= 4 is 19.0 Å². The summed E-state index contributed by atoms with van der Waals surface area (Å²) in [4.78, 5) is 0. The second kappa shape index (κ2) is 11.4. The number of benzene rings is 2. The number of hydrogen-bond donors (Lipinski definition) is 1. The van der Waals surface area contributed by atoms with Gasteiger partial charge < -0.3 is 9.67 Å². The molecular formula is C28H26F7N3OSi. The molecular weight excluding hydrogens is 555 g/mol. The Morgan fingerprint density at radius 3 is 1.80 bits per heavy atom. The molecule has 1 N–H and O–H groups in total. The summed E-state index contributed by atoms with van der Waals surface area (Å²) in [5.74, 6) is 1.21. The minimum absolute atomic E-state index is 0.0300. The number of nitrogens with zero attached hydrogens (tertiary/aromatic N) is 3. The Hall–Kier alpha value is -3.79. The maximum absolute atomic E-state index is 13.6. The summed E-state index contributed by atoms with van der Waals surface area (Å²) < 4.78 is 93.5. The molecule has 3 rings (SSSR count). The summed E-state index contributed by atoms with van der Waals surface area (Å²) in [6.45, 7) is 10.4. The fourth-order valence-corrected chi connectivity index (χ4v) is 4.15. The molecule has 212 valence electrons. The molecule has 0 bridgehead atoms. The lowest BCUT2D eigenvalue weighted by molar-refractivity contribution is -0.138. The summed E-state index contributed by atoms with van der Waals surface area (Å²) in [6, 6.07) is 8.23. The van der Waals surface area contributed by atoms with Crippen LogP contribution in [0.2, 0.25) is 19.6 Å². The van der Waals surface area contributed by atoms with Crippen molar-refractivity contribution in [1.29, 1.82) is 10.5 Å². The Morgan fingerprint density at radius 1 is 0.850 bits per heavy atom. The predicted molar refractivity (Wildman–Crippen MR) is 139 cm³/mol. The first-order valence-electron chi connectivity index (χ1n) is 11.8. The van der Waals surface area contributed by atoms with Crippen LogP contribution in [0.1, 0.15) is 54.6 Å². The van der Waals surface area contributed by atoms with E-state index in [2.05, 4.69) is 11.5 Å². The van der Waals surface area contributed by atoms with E-state index < -0.39 is 65.7 Å². The third-order valence-corrected chi connectivity index (χ3v) is 6.74. The Balaban J connectivity index is 0.000000282. The molecule has 1 aromatic heterocycles. The average Bonchev–Trinajstić information content (AvgIpc) is 3.23. The van der Waals surface area contributed by atoms with Crippen molar-refractivity contribution in [2.75, 3.05) is 0 Å². The zero-order valence-electron chi connectivity index (χ0n) is 22.5. The van der Waals surface area contributed by atoms with E-state index in [1.165, 1.54) is 30.5 Å². The highest BCUT2D eigenvalue weighted by atomic mass is 28.3. The van der Waals surface area contributed by atoms with Gasteiger partial charge >= 0.3 is 12.4 Å². The van der Waals surface area contributed by atoms with E-state index in [-0.39, 0.29) is 5.39 Å². The minimum atomic E-state index is -4.81. The van der Waals surface area contributed by atoms with Crippen LogP contribution in [0.4, 0.5) is 30.7 Å². The highest BCUT2D eigenvalue weighted by molar-refractivity contribution is 6.83. The second-order valence-corrected chi connectivity index (χ2v) is 15.3. The lowest BCUT2D eigenvalue weighted by Crippen LogP contribution is -2.30. The van der Waals surface area contributed by atoms with Gasteiger partial charge in [0.05, 0.1) is 51.6 Å². The Bertz CT molecular complexity index is 1550. The molecule has 1 heterocycles. The molecule has 0 unspecified atom stereocenters. The van der Waals surface area contributed by atoms with Crippen molar-refractivity contribution in [1.82, 2.24) is 4.57 Å². The summed E-state index contributed by atoms with van der Waals surface area (Å²) in [7, 11) is -1.95. The maximum Gasteiger partial charge on any atom is 0.418 e. The Kier molecular flexibility index (Phi) is 9.21. The topological polar surface area (TPSA) is 72.7 Å². The van der Waals surface area contributed by atoms with Crippen LogP contribution < -0.4 is 0 Å². The molecule has 1 atom stereocenters. The van der Waals surface area contributed by atoms with Gasteiger partial charge in [-0.15, -0.1) is 5.54 Å². The minimum Gasteiger partial charge on any atom is -0.388 e. The van der Waals surface area contributed by atoms with Crippen LogP contribution >= 0.6 is 0 Å². The molecule has 40 heavy (non-hydrogen) atoms. The number of halogens is 7. The Labute approximate surface area is 228 Å². The maximum atomic E-state index is 13.6. The highest BCUT2D eigenvalue weighted by Crippen LogP contribution is 2.39. The van der Waals surface area contributed by atoms with E-state index in [9.17, 15) is 35.8 Å². The number of nitriles is 2. The van der Waals surface area contributed by atoms with E-state index in [0.29, 0.717) is 5.52 Å². The average molecular weight is 582 g/mol. The van der Waals surface area contributed by atoms with Gasteiger partial charge in [-0.05, 0) is 51.1 Å². The van der Waals surface area contributed by atoms with Crippen LogP contribution in [0.5, 0.6) is 0 Å². The van der Waals surface area contributed by atoms with Crippen molar-refractivity contribution in [3.63, 3.8) is 0 Å². The van der Waals surface area contributed by atoms with Crippen LogP contribution in [0.25, 0.3) is 10.9 Å². The monoisotopic (exact) mass is 581 g/mol. The second-order valence-electron chi connectivity index (χ2n) is 10.5. The van der Waals surface area contributed by atoms with Crippen molar-refractivity contribution in [2.24, 2.45) is 0 Å². The molecule has 2 aromatic carbocycles. The van der Waals surface area contributed by atoms with Crippen LogP contribution in [-0.2, 0) is 12.4 Å². The van der Waals surface area contributed by atoms with E-state index in [1.807, 2.05) is 19.6 Å². The smallest absolute Gasteiger partial charge is 0.388 e. The van der Waals surface area contributed by atoms with Crippen LogP contribution in [0, 0.1) is 39.9 Å². The zero-order valence-corrected chi connectivity index (χ0v) is 23.5. The fourth-order valence-electron chi connectivity index (χ4n) is 3.65. The first-order chi connectivity index (χ1) is 18.1. The number of rotatable bonds is 2. The van der Waals surface area contributed by atoms with Crippen molar-refractivity contribution in [3.8, 4) is 23.6 Å². The first-order valence-corrected chi connectivity index (χ1v) is 15.3. The lowest BCUT2D eigenvalue weighted by Gasteiger charge is -2.28. The molecule has 0 aliphatic rings. The number of hydrogen-bond acceptors (Lipinski definition) is 3. The van der Waals surface area contributed by atoms with Crippen molar-refractivity contribution in [3.05, 3.63) is 70.2 Å². The van der Waals surface area contributed by atoms with E-state index in [0.717, 1.165) is 12.1 Å². The quantitative estimate of drug-likeness (QED) is 0.191. The van der Waals surface area contributed by atoms with Crippen molar-refractivity contribution in [2.45, 2.75) is 64.4 Å². The summed E-state index contributed by atoms with van der Waals surface area (Å²) in [6.07, 6.45) is -7.91. The molecule has 0 saturated carbocycles. The molecule has 0 aliphatic heterocycles. The molecule has 0 aliphatic carbocycles. The zero-order chi connectivity index (χ0) is 30.8. The number of fused-ring (bicyclic) bond motifs is 1. The number of alkyl halides is 6. The van der Waals surface area contributed by atoms with Gasteiger partial charge in [0.1, 0.15) is 13.9 Å². The van der Waals surface area contributed by atoms with Crippen LogP contribution in [-0.4, -0.2) is 23.3 Å².